The van der Waals surface area contributed by atoms with E-state index in [4.69, 9.17) is 0 Å². The van der Waals surface area contributed by atoms with Crippen molar-refractivity contribution >= 4 is 12.1 Å². The third-order valence-corrected chi connectivity index (χ3v) is 1.63. The maximum Gasteiger partial charge on any atom is 0.351 e. The Kier molecular flexibility index (Phi) is 6.34. The zero-order valence-corrected chi connectivity index (χ0v) is 11.4. The molecule has 0 aromatic heterocycles. The van der Waals surface area contributed by atoms with Crippen molar-refractivity contribution < 1.29 is 9.59 Å². The fourth-order valence-corrected chi connectivity index (χ4v) is 1.03. The summed E-state index contributed by atoms with van der Waals surface area (Å²) in [5, 5.41) is 7.92. The second-order valence-electron chi connectivity index (χ2n) is 4.50. The molecule has 4 amide bonds. The molecule has 0 rings (SSSR count). The summed E-state index contributed by atoms with van der Waals surface area (Å²) < 4.78 is 0. The maximum absolute atomic E-state index is 11.7. The first-order valence-corrected chi connectivity index (χ1v) is 5.59. The summed E-state index contributed by atoms with van der Waals surface area (Å²) in [6.45, 7) is 7.38. The zero-order chi connectivity index (χ0) is 13.6. The lowest BCUT2D eigenvalue weighted by molar-refractivity contribution is 0.0269. The van der Waals surface area contributed by atoms with Crippen LogP contribution >= 0.6 is 0 Å². The zero-order valence-electron chi connectivity index (χ0n) is 11.4. The summed E-state index contributed by atoms with van der Waals surface area (Å²) >= 11 is 0. The highest BCUT2D eigenvalue weighted by molar-refractivity contribution is 5.80. The van der Waals surface area contributed by atoms with E-state index in [1.54, 1.807) is 14.1 Å². The SMILES string of the molecule is CC(C)NC(=O)NN(C(=O)NC(C)C)N(C)C. The van der Waals surface area contributed by atoms with Crippen molar-refractivity contribution in [1.82, 2.24) is 26.2 Å². The Bertz CT molecular complexity index is 265. The van der Waals surface area contributed by atoms with Crippen LogP contribution in [0.4, 0.5) is 9.59 Å². The van der Waals surface area contributed by atoms with Crippen LogP contribution in [0.1, 0.15) is 27.7 Å². The highest BCUT2D eigenvalue weighted by atomic mass is 16.2. The minimum atomic E-state index is -0.424. The van der Waals surface area contributed by atoms with E-state index in [9.17, 15) is 9.59 Å². The van der Waals surface area contributed by atoms with Gasteiger partial charge in [-0.05, 0) is 27.7 Å². The molecule has 0 atom stereocenters. The predicted octanol–water partition coefficient (Wildman–Crippen LogP) is 0.506. The lowest BCUT2D eigenvalue weighted by Gasteiger charge is -2.29. The molecule has 0 radical (unpaired) electrons. The molecular formula is C10H23N5O2. The van der Waals surface area contributed by atoms with Gasteiger partial charge in [-0.1, -0.05) is 0 Å². The molecule has 0 bridgehead atoms. The molecule has 0 aromatic carbocycles. The Morgan fingerprint density at radius 3 is 1.76 bits per heavy atom. The number of nitrogens with zero attached hydrogens (tertiary/aromatic N) is 2. The van der Waals surface area contributed by atoms with Crippen molar-refractivity contribution in [2.45, 2.75) is 39.8 Å². The Hall–Kier alpha value is -1.50. The average molecular weight is 245 g/mol. The van der Waals surface area contributed by atoms with E-state index < -0.39 is 6.03 Å². The monoisotopic (exact) mass is 245 g/mol. The molecule has 0 heterocycles. The molecule has 0 aliphatic rings. The molecule has 0 saturated heterocycles. The number of hydrogen-bond donors (Lipinski definition) is 3. The van der Waals surface area contributed by atoms with E-state index in [-0.39, 0.29) is 18.1 Å². The van der Waals surface area contributed by atoms with Gasteiger partial charge in [-0.3, -0.25) is 0 Å². The molecule has 3 N–H and O–H groups in total. The number of hydrazine groups is 2. The smallest absolute Gasteiger partial charge is 0.335 e. The van der Waals surface area contributed by atoms with Gasteiger partial charge in [0.05, 0.1) is 0 Å². The lowest BCUT2D eigenvalue weighted by Crippen LogP contribution is -2.60. The molecule has 17 heavy (non-hydrogen) atoms. The normalized spacial score (nSPS) is 10.6. The van der Waals surface area contributed by atoms with E-state index in [0.29, 0.717) is 0 Å². The molecule has 0 aromatic rings. The minimum Gasteiger partial charge on any atom is -0.335 e. The largest absolute Gasteiger partial charge is 0.351 e. The first-order chi connectivity index (χ1) is 7.73. The van der Waals surface area contributed by atoms with Crippen LogP contribution in [-0.4, -0.2) is 48.4 Å². The summed E-state index contributed by atoms with van der Waals surface area (Å²) in [7, 11) is 3.32. The molecule has 0 fully saturated rings. The Morgan fingerprint density at radius 1 is 0.941 bits per heavy atom. The van der Waals surface area contributed by atoms with E-state index in [0.717, 1.165) is 5.12 Å². The summed E-state index contributed by atoms with van der Waals surface area (Å²) in [5.74, 6) is 0. The van der Waals surface area contributed by atoms with Crippen molar-refractivity contribution in [3.8, 4) is 0 Å². The van der Waals surface area contributed by atoms with Crippen LogP contribution in [0, 0.1) is 0 Å². The number of amides is 4. The minimum absolute atomic E-state index is 0.0000834. The van der Waals surface area contributed by atoms with Crippen LogP contribution in [0.15, 0.2) is 0 Å². The topological polar surface area (TPSA) is 76.7 Å². The van der Waals surface area contributed by atoms with Gasteiger partial charge in [-0.25, -0.2) is 20.0 Å². The van der Waals surface area contributed by atoms with Crippen molar-refractivity contribution in [3.63, 3.8) is 0 Å². The first-order valence-electron chi connectivity index (χ1n) is 5.59. The Balaban J connectivity index is 4.43. The van der Waals surface area contributed by atoms with Gasteiger partial charge in [0, 0.05) is 26.2 Å². The van der Waals surface area contributed by atoms with E-state index >= 15 is 0 Å². The maximum atomic E-state index is 11.7. The van der Waals surface area contributed by atoms with Gasteiger partial charge in [0.2, 0.25) is 0 Å². The summed E-state index contributed by atoms with van der Waals surface area (Å²) in [5.41, 5.74) is 2.45. The number of nitrogens with one attached hydrogen (secondary N) is 3. The number of hydrogen-bond acceptors (Lipinski definition) is 3. The van der Waals surface area contributed by atoms with Crippen LogP contribution in [-0.2, 0) is 0 Å². The van der Waals surface area contributed by atoms with Crippen LogP contribution in [0.25, 0.3) is 0 Å². The van der Waals surface area contributed by atoms with E-state index in [1.807, 2.05) is 27.7 Å². The molecular weight excluding hydrogens is 222 g/mol. The summed E-state index contributed by atoms with van der Waals surface area (Å²) in [6.07, 6.45) is 0. The highest BCUT2D eigenvalue weighted by Crippen LogP contribution is 1.91. The molecule has 0 aliphatic heterocycles. The highest BCUT2D eigenvalue weighted by Gasteiger charge is 2.19. The van der Waals surface area contributed by atoms with Gasteiger partial charge in [0.1, 0.15) is 0 Å². The fourth-order valence-electron chi connectivity index (χ4n) is 1.03. The van der Waals surface area contributed by atoms with Gasteiger partial charge in [0.25, 0.3) is 0 Å². The van der Waals surface area contributed by atoms with Crippen molar-refractivity contribution in [1.29, 1.82) is 0 Å². The number of carbonyl (C=O) groups is 2. The second kappa shape index (κ2) is 6.95. The number of rotatable bonds is 3. The fraction of sp³-hybridized carbons (Fsp3) is 0.800. The van der Waals surface area contributed by atoms with Crippen LogP contribution in [0.3, 0.4) is 0 Å². The quantitative estimate of drug-likeness (QED) is 0.634. The van der Waals surface area contributed by atoms with Gasteiger partial charge >= 0.3 is 12.1 Å². The Morgan fingerprint density at radius 2 is 1.41 bits per heavy atom. The van der Waals surface area contributed by atoms with Gasteiger partial charge in [-0.2, -0.15) is 5.12 Å². The summed E-state index contributed by atoms with van der Waals surface area (Å²) in [4.78, 5) is 23.2. The molecule has 0 unspecified atom stereocenters. The third kappa shape index (κ3) is 6.62. The van der Waals surface area contributed by atoms with Crippen LogP contribution in [0.5, 0.6) is 0 Å². The molecule has 0 aliphatic carbocycles. The Labute approximate surface area is 102 Å². The first kappa shape index (κ1) is 15.5. The van der Waals surface area contributed by atoms with Crippen molar-refractivity contribution in [3.05, 3.63) is 0 Å². The van der Waals surface area contributed by atoms with Crippen molar-refractivity contribution in [2.24, 2.45) is 0 Å². The van der Waals surface area contributed by atoms with Crippen LogP contribution < -0.4 is 16.1 Å². The molecule has 0 spiro atoms. The third-order valence-electron chi connectivity index (χ3n) is 1.63. The van der Waals surface area contributed by atoms with Gasteiger partial charge in [-0.15, -0.1) is 0 Å². The average Bonchev–Trinajstić information content (AvgIpc) is 2.10. The second-order valence-corrected chi connectivity index (χ2v) is 4.50. The van der Waals surface area contributed by atoms with E-state index in [1.165, 1.54) is 5.01 Å². The predicted molar refractivity (Wildman–Crippen MR) is 66.0 cm³/mol. The lowest BCUT2D eigenvalue weighted by atomic mass is 10.4. The van der Waals surface area contributed by atoms with Gasteiger partial charge in [0.15, 0.2) is 0 Å². The number of urea groups is 2. The molecule has 7 nitrogen and oxygen atoms in total. The van der Waals surface area contributed by atoms with E-state index in [2.05, 4.69) is 16.1 Å². The summed E-state index contributed by atoms with van der Waals surface area (Å²) in [6, 6.07) is -0.802. The standard InChI is InChI=1S/C10H23N5O2/c1-7(2)11-9(16)13-15(14(5)6)10(17)12-8(3)4/h7-8H,1-6H3,(H,12,17)(H2,11,13,16). The van der Waals surface area contributed by atoms with Crippen molar-refractivity contribution in [2.75, 3.05) is 14.1 Å². The van der Waals surface area contributed by atoms with Gasteiger partial charge < -0.3 is 10.6 Å². The molecule has 0 saturated carbocycles. The molecule has 100 valence electrons. The van der Waals surface area contributed by atoms with Crippen LogP contribution in [0.2, 0.25) is 0 Å². The molecule has 7 heteroatoms. The number of carbonyl (C=O) groups excluding carboxylic acids is 2.